The molecule has 0 saturated carbocycles. The van der Waals surface area contributed by atoms with Crippen molar-refractivity contribution in [3.05, 3.63) is 18.2 Å². The van der Waals surface area contributed by atoms with Crippen molar-refractivity contribution in [3.63, 3.8) is 0 Å². The van der Waals surface area contributed by atoms with Gasteiger partial charge in [-0.25, -0.2) is 4.98 Å². The average molecular weight is 255 g/mol. The van der Waals surface area contributed by atoms with Crippen LogP contribution >= 0.6 is 0 Å². The van der Waals surface area contributed by atoms with Crippen LogP contribution in [0.15, 0.2) is 12.4 Å². The molecule has 0 aromatic carbocycles. The average Bonchev–Trinajstić information content (AvgIpc) is 2.51. The smallest absolute Gasteiger partial charge is 0.280 e. The van der Waals surface area contributed by atoms with Crippen LogP contribution in [0.5, 0.6) is 0 Å². The summed E-state index contributed by atoms with van der Waals surface area (Å²) >= 11 is 0. The fourth-order valence-electron chi connectivity index (χ4n) is 0.733. The molecule has 16 heavy (non-hydrogen) atoms. The molecule has 1 aromatic rings. The fraction of sp³-hybridized carbons (Fsp3) is 0.333. The van der Waals surface area contributed by atoms with E-state index in [0.29, 0.717) is 0 Å². The van der Waals surface area contributed by atoms with E-state index in [-0.39, 0.29) is 17.0 Å². The summed E-state index contributed by atoms with van der Waals surface area (Å²) in [5.74, 6) is -0.240. The second kappa shape index (κ2) is 4.01. The van der Waals surface area contributed by atoms with Crippen LogP contribution in [-0.4, -0.2) is 23.6 Å². The Morgan fingerprint density at radius 2 is 2.19 bits per heavy atom. The maximum absolute atomic E-state index is 11.9. The molecule has 0 bridgehead atoms. The molecule has 0 atom stereocenters. The Balaban J connectivity index is 2.98. The van der Waals surface area contributed by atoms with E-state index < -0.39 is 15.6 Å². The molecule has 10 heteroatoms. The van der Waals surface area contributed by atoms with Gasteiger partial charge < -0.3 is 0 Å². The number of rotatable bonds is 3. The Bertz CT molecular complexity index is 513. The number of nitriles is 1. The molecule has 1 rings (SSSR count). The first-order chi connectivity index (χ1) is 7.28. The maximum atomic E-state index is 11.9. The van der Waals surface area contributed by atoms with Crippen molar-refractivity contribution in [2.24, 2.45) is 0 Å². The number of alkyl halides is 3. The van der Waals surface area contributed by atoms with Gasteiger partial charge in [-0.2, -0.15) is 31.6 Å². The lowest BCUT2D eigenvalue weighted by Gasteiger charge is -2.09. The van der Waals surface area contributed by atoms with Crippen LogP contribution in [-0.2, 0) is 16.5 Å². The predicted molar refractivity (Wildman–Crippen MR) is 43.1 cm³/mol. The molecule has 0 amide bonds. The van der Waals surface area contributed by atoms with Crippen molar-refractivity contribution in [1.82, 2.24) is 9.71 Å². The van der Waals surface area contributed by atoms with Crippen molar-refractivity contribution in [1.29, 1.82) is 5.26 Å². The first kappa shape index (κ1) is 12.3. The lowest BCUT2D eigenvalue weighted by atomic mass is 10.5. The summed E-state index contributed by atoms with van der Waals surface area (Å²) in [6, 6.07) is 1.60. The van der Waals surface area contributed by atoms with Gasteiger partial charge in [-0.15, -0.1) is 0 Å². The van der Waals surface area contributed by atoms with E-state index in [1.165, 1.54) is 0 Å². The summed E-state index contributed by atoms with van der Waals surface area (Å²) in [6.07, 6.45) is 1.49. The third-order valence-electron chi connectivity index (χ3n) is 1.38. The molecule has 0 unspecified atom stereocenters. The van der Waals surface area contributed by atoms with Crippen LogP contribution in [0, 0.1) is 11.3 Å². The zero-order valence-electron chi connectivity index (χ0n) is 7.47. The van der Waals surface area contributed by atoms with Gasteiger partial charge in [-0.1, -0.05) is 0 Å². The van der Waals surface area contributed by atoms with Crippen LogP contribution in [0.3, 0.4) is 0 Å². The SMILES string of the molecule is N#CCc1nccn1OS(=O)(=O)C(F)(F)F. The Kier molecular flexibility index (Phi) is 3.09. The van der Waals surface area contributed by atoms with Crippen LogP contribution < -0.4 is 4.28 Å². The molecule has 0 aliphatic rings. The summed E-state index contributed by atoms with van der Waals surface area (Å²) in [6.45, 7) is 0. The van der Waals surface area contributed by atoms with Gasteiger partial charge in [0.15, 0.2) is 5.82 Å². The quantitative estimate of drug-likeness (QED) is 0.721. The summed E-state index contributed by atoms with van der Waals surface area (Å²) < 4.78 is 61.0. The van der Waals surface area contributed by atoms with Crippen LogP contribution in [0.1, 0.15) is 5.82 Å². The normalized spacial score (nSPS) is 12.1. The number of hydrogen-bond acceptors (Lipinski definition) is 5. The van der Waals surface area contributed by atoms with Crippen molar-refractivity contribution in [3.8, 4) is 6.07 Å². The molecular weight excluding hydrogens is 251 g/mol. The topological polar surface area (TPSA) is 85.0 Å². The number of halogens is 3. The van der Waals surface area contributed by atoms with Crippen LogP contribution in [0.2, 0.25) is 0 Å². The minimum absolute atomic E-state index is 0.240. The Morgan fingerprint density at radius 1 is 1.56 bits per heavy atom. The standard InChI is InChI=1S/C6H4F3N3O3S/c7-6(8,9)16(13,14)15-12-4-3-11-5(12)1-2-10/h3-4H,1H2. The second-order valence-electron chi connectivity index (χ2n) is 2.48. The van der Waals surface area contributed by atoms with Crippen molar-refractivity contribution in [2.45, 2.75) is 11.9 Å². The minimum atomic E-state index is -5.75. The van der Waals surface area contributed by atoms with E-state index in [9.17, 15) is 21.6 Å². The van der Waals surface area contributed by atoms with Gasteiger partial charge in [0.2, 0.25) is 0 Å². The molecule has 0 spiro atoms. The molecule has 0 aliphatic carbocycles. The molecule has 0 radical (unpaired) electrons. The van der Waals surface area contributed by atoms with Crippen LogP contribution in [0.25, 0.3) is 0 Å². The van der Waals surface area contributed by atoms with Gasteiger partial charge in [0.1, 0.15) is 0 Å². The van der Waals surface area contributed by atoms with Gasteiger partial charge in [-0.05, 0) is 0 Å². The summed E-state index contributed by atoms with van der Waals surface area (Å²) in [4.78, 5) is 3.46. The Morgan fingerprint density at radius 3 is 2.69 bits per heavy atom. The summed E-state index contributed by atoms with van der Waals surface area (Å²) in [7, 11) is -5.75. The van der Waals surface area contributed by atoms with Gasteiger partial charge in [0, 0.05) is 6.20 Å². The third kappa shape index (κ3) is 2.43. The highest BCUT2D eigenvalue weighted by Gasteiger charge is 2.49. The van der Waals surface area contributed by atoms with E-state index in [2.05, 4.69) is 9.27 Å². The molecule has 0 N–H and O–H groups in total. The van der Waals surface area contributed by atoms with Crippen molar-refractivity contribution < 1.29 is 25.9 Å². The van der Waals surface area contributed by atoms with E-state index in [1.807, 2.05) is 0 Å². The van der Waals surface area contributed by atoms with Gasteiger partial charge in [0.25, 0.3) is 0 Å². The lowest BCUT2D eigenvalue weighted by molar-refractivity contribution is -0.0548. The van der Waals surface area contributed by atoms with Crippen molar-refractivity contribution >= 4 is 10.1 Å². The van der Waals surface area contributed by atoms with Gasteiger partial charge >= 0.3 is 15.6 Å². The van der Waals surface area contributed by atoms with Gasteiger partial charge in [0.05, 0.1) is 18.7 Å². The first-order valence-corrected chi connectivity index (χ1v) is 5.09. The minimum Gasteiger partial charge on any atom is -0.280 e. The van der Waals surface area contributed by atoms with Crippen LogP contribution in [0.4, 0.5) is 13.2 Å². The largest absolute Gasteiger partial charge is 0.536 e. The number of nitrogens with zero attached hydrogens (tertiary/aromatic N) is 3. The molecule has 1 heterocycles. The molecular formula is C6H4F3N3O3S. The van der Waals surface area contributed by atoms with E-state index in [1.54, 1.807) is 6.07 Å². The van der Waals surface area contributed by atoms with E-state index >= 15 is 0 Å². The highest BCUT2D eigenvalue weighted by Crippen LogP contribution is 2.22. The number of hydrogen-bond donors (Lipinski definition) is 0. The highest BCUT2D eigenvalue weighted by molar-refractivity contribution is 7.87. The Hall–Kier alpha value is -1.76. The monoisotopic (exact) mass is 255 g/mol. The predicted octanol–water partition coefficient (Wildman–Crippen LogP) is 0.227. The Labute approximate surface area is 88.0 Å². The molecule has 0 saturated heterocycles. The van der Waals surface area contributed by atoms with E-state index in [4.69, 9.17) is 5.26 Å². The summed E-state index contributed by atoms with van der Waals surface area (Å²) in [5.41, 5.74) is -5.53. The zero-order chi connectivity index (χ0) is 12.4. The molecule has 88 valence electrons. The number of imidazole rings is 1. The second-order valence-corrected chi connectivity index (χ2v) is 4.00. The van der Waals surface area contributed by atoms with Crippen molar-refractivity contribution in [2.75, 3.05) is 0 Å². The maximum Gasteiger partial charge on any atom is 0.536 e. The summed E-state index contributed by atoms with van der Waals surface area (Å²) in [5, 5.41) is 8.29. The van der Waals surface area contributed by atoms with Gasteiger partial charge in [-0.3, -0.25) is 4.28 Å². The third-order valence-corrected chi connectivity index (χ3v) is 2.30. The van der Waals surface area contributed by atoms with E-state index in [0.717, 1.165) is 12.4 Å². The first-order valence-electron chi connectivity index (χ1n) is 3.68. The number of aromatic nitrogens is 2. The molecule has 1 aromatic heterocycles. The molecule has 0 fully saturated rings. The highest BCUT2D eigenvalue weighted by atomic mass is 32.2. The zero-order valence-corrected chi connectivity index (χ0v) is 8.29. The lowest BCUT2D eigenvalue weighted by Crippen LogP contribution is -2.33. The fourth-order valence-corrected chi connectivity index (χ4v) is 1.16. The molecule has 6 nitrogen and oxygen atoms in total. The molecule has 0 aliphatic heterocycles.